The molecule has 0 aromatic carbocycles. The van der Waals surface area contributed by atoms with Gasteiger partial charge in [-0.2, -0.15) is 0 Å². The second-order valence-electron chi connectivity index (χ2n) is 1.26. The summed E-state index contributed by atoms with van der Waals surface area (Å²) in [5, 5.41) is 15.8. The van der Waals surface area contributed by atoms with Gasteiger partial charge in [0.2, 0.25) is 0 Å². The Labute approximate surface area is 73.5 Å². The van der Waals surface area contributed by atoms with Crippen LogP contribution in [-0.2, 0) is 4.79 Å². The number of carboxylic acid groups (broad SMARTS) is 1. The first-order valence-corrected chi connectivity index (χ1v) is 3.52. The minimum absolute atomic E-state index is 0.750. The van der Waals surface area contributed by atoms with E-state index in [2.05, 4.69) is 0 Å². The molecule has 62 valence electrons. The van der Waals surface area contributed by atoms with Crippen LogP contribution in [0.4, 0.5) is 0 Å². The van der Waals surface area contributed by atoms with E-state index in [1.54, 1.807) is 0 Å². The zero-order valence-electron chi connectivity index (χ0n) is 5.09. The zero-order valence-corrected chi connectivity index (χ0v) is 7.36. The van der Waals surface area contributed by atoms with Gasteiger partial charge >= 0.3 is 5.97 Å². The Hall–Kier alpha value is 0.300. The molecule has 0 spiro atoms. The van der Waals surface area contributed by atoms with Gasteiger partial charge in [0.1, 0.15) is 6.10 Å². The highest BCUT2D eigenvalue weighted by Gasteiger charge is 2.01. The number of aliphatic hydroxyl groups is 1. The predicted molar refractivity (Wildman–Crippen MR) is 40.7 cm³/mol. The Morgan fingerprint density at radius 2 is 1.50 bits per heavy atom. The van der Waals surface area contributed by atoms with Crippen LogP contribution in [0.5, 0.6) is 0 Å². The number of hydrogen-bond donors (Lipinski definition) is 2. The largest absolute Gasteiger partial charge is 0.479 e. The lowest BCUT2D eigenvalue weighted by Gasteiger charge is -1.89. The maximum atomic E-state index is 9.45. The van der Waals surface area contributed by atoms with E-state index in [4.69, 9.17) is 45.0 Å². The number of carboxylic acids is 1. The lowest BCUT2D eigenvalue weighted by Crippen LogP contribution is -2.13. The summed E-state index contributed by atoms with van der Waals surface area (Å²) in [6, 6.07) is 0. The van der Waals surface area contributed by atoms with Crippen molar-refractivity contribution in [2.75, 3.05) is 0 Å². The first-order valence-electron chi connectivity index (χ1n) is 2.21. The summed E-state index contributed by atoms with van der Waals surface area (Å²) in [5.41, 5.74) is 0. The molecule has 1 unspecified atom stereocenters. The molecule has 0 heterocycles. The molecule has 0 amide bonds. The van der Waals surface area contributed by atoms with E-state index in [1.165, 1.54) is 6.92 Å². The van der Waals surface area contributed by atoms with E-state index in [-0.39, 0.29) is 0 Å². The quantitative estimate of drug-likeness (QED) is 0.643. The molecule has 3 nitrogen and oxygen atoms in total. The molecule has 1 atom stereocenters. The van der Waals surface area contributed by atoms with Gasteiger partial charge in [0.05, 0.1) is 0 Å². The summed E-state index contributed by atoms with van der Waals surface area (Å²) >= 11 is 14.4. The fourth-order valence-electron chi connectivity index (χ4n) is 0. The number of carbonyl (C=O) groups is 1. The molecule has 0 aliphatic rings. The Kier molecular flexibility index (Phi) is 9.58. The van der Waals surface area contributed by atoms with Gasteiger partial charge in [-0.05, 0) is 6.92 Å². The third-order valence-corrected chi connectivity index (χ3v) is 0.357. The van der Waals surface area contributed by atoms with Crippen LogP contribution in [0, 0.1) is 0 Å². The maximum Gasteiger partial charge on any atom is 0.332 e. The van der Waals surface area contributed by atoms with E-state index in [9.17, 15) is 4.79 Å². The molecule has 0 fully saturated rings. The molecule has 0 aliphatic heterocycles. The van der Waals surface area contributed by atoms with Crippen molar-refractivity contribution in [3.8, 4) is 0 Å². The highest BCUT2D eigenvalue weighted by Crippen LogP contribution is 2.03. The summed E-state index contributed by atoms with van der Waals surface area (Å²) in [6.07, 6.45) is -1.23. The number of hydrogen-bond acceptors (Lipinski definition) is 2. The fraction of sp³-hybridized carbons (Fsp3) is 0.750. The zero-order chi connectivity index (χ0) is 8.73. The van der Waals surface area contributed by atoms with E-state index in [0.29, 0.717) is 0 Å². The topological polar surface area (TPSA) is 57.5 Å². The molecule has 2 N–H and O–H groups in total. The molecule has 6 heteroatoms. The van der Waals surface area contributed by atoms with Crippen molar-refractivity contribution >= 4 is 40.8 Å². The summed E-state index contributed by atoms with van der Waals surface area (Å²) in [4.78, 5) is 9.45. The smallest absolute Gasteiger partial charge is 0.332 e. The first kappa shape index (κ1) is 12.9. The van der Waals surface area contributed by atoms with Crippen LogP contribution < -0.4 is 0 Å². The van der Waals surface area contributed by atoms with Crippen LogP contribution in [0.1, 0.15) is 6.92 Å². The van der Waals surface area contributed by atoms with Crippen LogP contribution in [0.2, 0.25) is 0 Å². The third-order valence-electron chi connectivity index (χ3n) is 0.357. The molecular formula is C4H7Cl3O3. The highest BCUT2D eigenvalue weighted by molar-refractivity contribution is 6.63. The molecule has 0 radical (unpaired) electrons. The van der Waals surface area contributed by atoms with Gasteiger partial charge in [0, 0.05) is 0 Å². The van der Waals surface area contributed by atoms with Crippen molar-refractivity contribution in [1.82, 2.24) is 0 Å². The number of aliphatic hydroxyl groups excluding tert-OH is 1. The standard InChI is InChI=1S/C3H6O3.CHCl3/c1-2(4)3(5)6;2-1(3)4/h2,4H,1H3,(H,5,6);1H. The van der Waals surface area contributed by atoms with Crippen molar-refractivity contribution in [2.45, 2.75) is 17.3 Å². The van der Waals surface area contributed by atoms with Gasteiger partial charge in [0.15, 0.2) is 4.30 Å². The summed E-state index contributed by atoms with van der Waals surface area (Å²) in [6.45, 7) is 1.20. The molecule has 0 aromatic rings. The van der Waals surface area contributed by atoms with Crippen molar-refractivity contribution in [3.63, 3.8) is 0 Å². The highest BCUT2D eigenvalue weighted by atomic mass is 35.6. The van der Waals surface area contributed by atoms with Crippen molar-refractivity contribution in [3.05, 3.63) is 0 Å². The molecule has 0 rings (SSSR count). The predicted octanol–water partition coefficient (Wildman–Crippen LogP) is 1.44. The summed E-state index contributed by atoms with van der Waals surface area (Å²) in [5.74, 6) is -1.19. The van der Waals surface area contributed by atoms with Crippen LogP contribution >= 0.6 is 34.8 Å². The lowest BCUT2D eigenvalue weighted by molar-refractivity contribution is -0.145. The number of alkyl halides is 3. The minimum atomic E-state index is -1.23. The van der Waals surface area contributed by atoms with Crippen molar-refractivity contribution in [2.24, 2.45) is 0 Å². The second kappa shape index (κ2) is 7.41. The third kappa shape index (κ3) is 23.9. The molecule has 0 aromatic heterocycles. The SMILES string of the molecule is CC(O)C(=O)O.ClC(Cl)Cl. The Morgan fingerprint density at radius 3 is 1.50 bits per heavy atom. The molecule has 0 saturated heterocycles. The normalized spacial score (nSPS) is 11.8. The molecular weight excluding hydrogens is 202 g/mol. The van der Waals surface area contributed by atoms with Gasteiger partial charge in [-0.1, -0.05) is 34.8 Å². The Bertz CT molecular complexity index is 91.0. The fourth-order valence-corrected chi connectivity index (χ4v) is 0. The van der Waals surface area contributed by atoms with E-state index < -0.39 is 16.4 Å². The molecule has 0 saturated carbocycles. The van der Waals surface area contributed by atoms with Crippen molar-refractivity contribution < 1.29 is 15.0 Å². The molecule has 0 bridgehead atoms. The monoisotopic (exact) mass is 208 g/mol. The lowest BCUT2D eigenvalue weighted by atomic mass is 10.4. The van der Waals surface area contributed by atoms with Gasteiger partial charge < -0.3 is 10.2 Å². The van der Waals surface area contributed by atoms with Gasteiger partial charge in [0.25, 0.3) is 0 Å². The van der Waals surface area contributed by atoms with Crippen LogP contribution in [0.3, 0.4) is 0 Å². The number of aliphatic carboxylic acids is 1. The van der Waals surface area contributed by atoms with Crippen LogP contribution in [0.25, 0.3) is 0 Å². The summed E-state index contributed by atoms with van der Waals surface area (Å²) < 4.78 is -0.750. The average molecular weight is 209 g/mol. The van der Waals surface area contributed by atoms with Gasteiger partial charge in [-0.25, -0.2) is 4.79 Å². The molecule has 10 heavy (non-hydrogen) atoms. The number of rotatable bonds is 1. The van der Waals surface area contributed by atoms with Gasteiger partial charge in [-0.15, -0.1) is 0 Å². The van der Waals surface area contributed by atoms with Gasteiger partial charge in [-0.3, -0.25) is 0 Å². The Balaban J connectivity index is 0. The van der Waals surface area contributed by atoms with Crippen molar-refractivity contribution in [1.29, 1.82) is 0 Å². The van der Waals surface area contributed by atoms with E-state index >= 15 is 0 Å². The van der Waals surface area contributed by atoms with Crippen LogP contribution in [-0.4, -0.2) is 26.6 Å². The molecule has 0 aliphatic carbocycles. The van der Waals surface area contributed by atoms with E-state index in [1.807, 2.05) is 0 Å². The van der Waals surface area contributed by atoms with E-state index in [0.717, 1.165) is 0 Å². The second-order valence-corrected chi connectivity index (χ2v) is 3.24. The average Bonchev–Trinajstić information content (AvgIpc) is 1.63. The van der Waals surface area contributed by atoms with Crippen LogP contribution in [0.15, 0.2) is 0 Å². The maximum absolute atomic E-state index is 9.45. The first-order chi connectivity index (χ1) is 4.37. The number of halogens is 3. The minimum Gasteiger partial charge on any atom is -0.479 e. The summed E-state index contributed by atoms with van der Waals surface area (Å²) in [7, 11) is 0. The Morgan fingerprint density at radius 1 is 1.40 bits per heavy atom.